The highest BCUT2D eigenvalue weighted by atomic mass is 16.5. The largest absolute Gasteiger partial charge is 0.388 e. The Morgan fingerprint density at radius 2 is 1.92 bits per heavy atom. The fourth-order valence-electron chi connectivity index (χ4n) is 1.41. The molecule has 70 valence electrons. The van der Waals surface area contributed by atoms with Crippen LogP contribution in [0.25, 0.3) is 0 Å². The van der Waals surface area contributed by atoms with Crippen molar-refractivity contribution in [2.75, 3.05) is 25.6 Å². The minimum absolute atomic E-state index is 0.409. The van der Waals surface area contributed by atoms with Gasteiger partial charge in [0.2, 0.25) is 0 Å². The number of ether oxygens (including phenoxy) is 1. The summed E-state index contributed by atoms with van der Waals surface area (Å²) in [6.07, 6.45) is 0. The molecule has 13 heavy (non-hydrogen) atoms. The molecular formula is C10H13NO2. The van der Waals surface area contributed by atoms with Crippen LogP contribution in [0.15, 0.2) is 24.3 Å². The summed E-state index contributed by atoms with van der Waals surface area (Å²) in [5.41, 5.74) is 1.23. The monoisotopic (exact) mass is 179 g/mol. The molecule has 2 N–H and O–H groups in total. The minimum atomic E-state index is -0.744. The summed E-state index contributed by atoms with van der Waals surface area (Å²) in [6.45, 7) is 0.817. The van der Waals surface area contributed by atoms with Gasteiger partial charge in [0.05, 0.1) is 13.2 Å². The summed E-state index contributed by atoms with van der Waals surface area (Å²) in [5, 5.41) is 12.9. The van der Waals surface area contributed by atoms with Gasteiger partial charge in [-0.1, -0.05) is 12.1 Å². The van der Waals surface area contributed by atoms with Crippen LogP contribution in [-0.2, 0) is 10.3 Å². The number of anilines is 1. The Kier molecular flexibility index (Phi) is 1.98. The van der Waals surface area contributed by atoms with Crippen LogP contribution in [0.3, 0.4) is 0 Å². The van der Waals surface area contributed by atoms with E-state index in [2.05, 4.69) is 5.32 Å². The van der Waals surface area contributed by atoms with Crippen LogP contribution in [-0.4, -0.2) is 25.4 Å². The number of hydrogen-bond acceptors (Lipinski definition) is 3. The second kappa shape index (κ2) is 3.01. The number of benzene rings is 1. The topological polar surface area (TPSA) is 41.5 Å². The average Bonchev–Trinajstić information content (AvgIpc) is 2.14. The van der Waals surface area contributed by atoms with Crippen molar-refractivity contribution < 1.29 is 9.84 Å². The Bertz CT molecular complexity index is 290. The van der Waals surface area contributed by atoms with E-state index in [-0.39, 0.29) is 0 Å². The molecule has 3 heteroatoms. The second-order valence-corrected chi connectivity index (χ2v) is 3.35. The zero-order chi connectivity index (χ0) is 9.31. The summed E-state index contributed by atoms with van der Waals surface area (Å²) in [4.78, 5) is 0. The maximum Gasteiger partial charge on any atom is 0.136 e. The van der Waals surface area contributed by atoms with Gasteiger partial charge in [-0.25, -0.2) is 0 Å². The van der Waals surface area contributed by atoms with Crippen molar-refractivity contribution in [3.05, 3.63) is 29.8 Å². The van der Waals surface area contributed by atoms with Crippen LogP contribution >= 0.6 is 0 Å². The van der Waals surface area contributed by atoms with Crippen LogP contribution < -0.4 is 5.32 Å². The van der Waals surface area contributed by atoms with E-state index in [1.807, 2.05) is 31.3 Å². The molecule has 0 unspecified atom stereocenters. The van der Waals surface area contributed by atoms with Crippen molar-refractivity contribution in [2.45, 2.75) is 5.60 Å². The third kappa shape index (κ3) is 1.41. The second-order valence-electron chi connectivity index (χ2n) is 3.35. The van der Waals surface area contributed by atoms with E-state index in [0.717, 1.165) is 11.3 Å². The lowest BCUT2D eigenvalue weighted by molar-refractivity contribution is -0.184. The molecule has 0 saturated carbocycles. The number of hydrogen-bond donors (Lipinski definition) is 2. The lowest BCUT2D eigenvalue weighted by Gasteiger charge is -2.36. The predicted octanol–water partition coefficient (Wildman–Crippen LogP) is 0.946. The van der Waals surface area contributed by atoms with E-state index in [4.69, 9.17) is 4.74 Å². The van der Waals surface area contributed by atoms with Gasteiger partial charge in [0, 0.05) is 12.7 Å². The number of aliphatic hydroxyl groups is 1. The molecule has 0 radical (unpaired) electrons. The van der Waals surface area contributed by atoms with Crippen molar-refractivity contribution in [3.8, 4) is 0 Å². The van der Waals surface area contributed by atoms with Crippen molar-refractivity contribution in [1.82, 2.24) is 0 Å². The summed E-state index contributed by atoms with van der Waals surface area (Å²) < 4.78 is 4.98. The normalized spacial score (nSPS) is 19.2. The first-order chi connectivity index (χ1) is 6.24. The molecule has 1 aliphatic rings. The standard InChI is InChI=1S/C10H13NO2/c1-11-9-4-2-8(3-5-9)10(12)6-13-7-10/h2-5,11-12H,6-7H2,1H3. The molecular weight excluding hydrogens is 166 g/mol. The lowest BCUT2D eigenvalue weighted by atomic mass is 9.92. The summed E-state index contributed by atoms with van der Waals surface area (Å²) in [7, 11) is 1.87. The first-order valence-corrected chi connectivity index (χ1v) is 4.33. The minimum Gasteiger partial charge on any atom is -0.388 e. The van der Waals surface area contributed by atoms with Gasteiger partial charge in [0.1, 0.15) is 5.60 Å². The maximum atomic E-state index is 9.90. The molecule has 0 aromatic heterocycles. The van der Waals surface area contributed by atoms with Gasteiger partial charge >= 0.3 is 0 Å². The Labute approximate surface area is 77.3 Å². The highest BCUT2D eigenvalue weighted by Crippen LogP contribution is 2.29. The third-order valence-corrected chi connectivity index (χ3v) is 2.39. The Morgan fingerprint density at radius 3 is 2.31 bits per heavy atom. The molecule has 1 aliphatic heterocycles. The average molecular weight is 179 g/mol. The highest BCUT2D eigenvalue weighted by molar-refractivity contribution is 5.45. The van der Waals surface area contributed by atoms with Gasteiger partial charge < -0.3 is 15.2 Å². The van der Waals surface area contributed by atoms with Crippen LogP contribution in [0.2, 0.25) is 0 Å². The van der Waals surface area contributed by atoms with E-state index >= 15 is 0 Å². The number of nitrogens with one attached hydrogen (secondary N) is 1. The fraction of sp³-hybridized carbons (Fsp3) is 0.400. The Hall–Kier alpha value is -1.06. The van der Waals surface area contributed by atoms with E-state index in [1.165, 1.54) is 0 Å². The molecule has 2 rings (SSSR count). The molecule has 1 saturated heterocycles. The first-order valence-electron chi connectivity index (χ1n) is 4.33. The fourth-order valence-corrected chi connectivity index (χ4v) is 1.41. The van der Waals surface area contributed by atoms with Crippen LogP contribution in [0, 0.1) is 0 Å². The van der Waals surface area contributed by atoms with E-state index in [9.17, 15) is 5.11 Å². The Morgan fingerprint density at radius 1 is 1.31 bits per heavy atom. The molecule has 0 atom stereocenters. The molecule has 1 aromatic carbocycles. The summed E-state index contributed by atoms with van der Waals surface area (Å²) >= 11 is 0. The molecule has 1 fully saturated rings. The third-order valence-electron chi connectivity index (χ3n) is 2.39. The van der Waals surface area contributed by atoms with Gasteiger partial charge in [0.15, 0.2) is 0 Å². The first kappa shape index (κ1) is 8.53. The molecule has 1 heterocycles. The molecule has 3 nitrogen and oxygen atoms in total. The molecule has 1 aromatic rings. The SMILES string of the molecule is CNc1ccc(C2(O)COC2)cc1. The Balaban J connectivity index is 2.22. The van der Waals surface area contributed by atoms with E-state index in [1.54, 1.807) is 0 Å². The van der Waals surface area contributed by atoms with Crippen LogP contribution in [0.1, 0.15) is 5.56 Å². The van der Waals surface area contributed by atoms with Gasteiger partial charge in [-0.15, -0.1) is 0 Å². The van der Waals surface area contributed by atoms with Gasteiger partial charge in [-0.2, -0.15) is 0 Å². The van der Waals surface area contributed by atoms with Gasteiger partial charge in [-0.3, -0.25) is 0 Å². The highest BCUT2D eigenvalue weighted by Gasteiger charge is 2.37. The van der Waals surface area contributed by atoms with Crippen molar-refractivity contribution in [2.24, 2.45) is 0 Å². The van der Waals surface area contributed by atoms with E-state index < -0.39 is 5.60 Å². The van der Waals surface area contributed by atoms with Crippen molar-refractivity contribution in [3.63, 3.8) is 0 Å². The van der Waals surface area contributed by atoms with Crippen molar-refractivity contribution >= 4 is 5.69 Å². The number of rotatable bonds is 2. The molecule has 0 amide bonds. The lowest BCUT2D eigenvalue weighted by Crippen LogP contribution is -2.46. The molecule has 0 aliphatic carbocycles. The zero-order valence-corrected chi connectivity index (χ0v) is 7.58. The van der Waals surface area contributed by atoms with Gasteiger partial charge in [-0.05, 0) is 17.7 Å². The van der Waals surface area contributed by atoms with E-state index in [0.29, 0.717) is 13.2 Å². The zero-order valence-electron chi connectivity index (χ0n) is 7.58. The summed E-state index contributed by atoms with van der Waals surface area (Å²) in [5.74, 6) is 0. The predicted molar refractivity (Wildman–Crippen MR) is 50.7 cm³/mol. The van der Waals surface area contributed by atoms with Crippen molar-refractivity contribution in [1.29, 1.82) is 0 Å². The smallest absolute Gasteiger partial charge is 0.136 e. The molecule has 0 bridgehead atoms. The van der Waals surface area contributed by atoms with Crippen LogP contribution in [0.5, 0.6) is 0 Å². The molecule has 0 spiro atoms. The van der Waals surface area contributed by atoms with Crippen LogP contribution in [0.4, 0.5) is 5.69 Å². The van der Waals surface area contributed by atoms with Gasteiger partial charge in [0.25, 0.3) is 0 Å². The quantitative estimate of drug-likeness (QED) is 0.710. The summed E-state index contributed by atoms with van der Waals surface area (Å²) in [6, 6.07) is 7.75. The maximum absolute atomic E-state index is 9.90.